The van der Waals surface area contributed by atoms with E-state index in [2.05, 4.69) is 4.98 Å². The van der Waals surface area contributed by atoms with Gasteiger partial charge in [-0.3, -0.25) is 9.36 Å². The van der Waals surface area contributed by atoms with Crippen LogP contribution >= 0.6 is 0 Å². The van der Waals surface area contributed by atoms with Crippen LogP contribution in [0.25, 0.3) is 0 Å². The summed E-state index contributed by atoms with van der Waals surface area (Å²) in [5, 5.41) is 0. The first-order valence-electron chi connectivity index (χ1n) is 5.06. The normalized spacial score (nSPS) is 20.6. The molecule has 1 aromatic rings. The van der Waals surface area contributed by atoms with Crippen LogP contribution in [0.3, 0.4) is 0 Å². The first kappa shape index (κ1) is 9.40. The molecule has 0 aliphatic carbocycles. The highest BCUT2D eigenvalue weighted by molar-refractivity contribution is 5.07. The predicted molar refractivity (Wildman–Crippen MR) is 54.2 cm³/mol. The van der Waals surface area contributed by atoms with Crippen molar-refractivity contribution in [1.82, 2.24) is 9.55 Å². The first-order valence-corrected chi connectivity index (χ1v) is 5.06. The van der Waals surface area contributed by atoms with Crippen molar-refractivity contribution in [2.45, 2.75) is 38.8 Å². The van der Waals surface area contributed by atoms with Gasteiger partial charge in [0.25, 0.3) is 5.56 Å². The van der Waals surface area contributed by atoms with Crippen molar-refractivity contribution in [3.63, 3.8) is 0 Å². The summed E-state index contributed by atoms with van der Waals surface area (Å²) >= 11 is 0. The molecule has 2 rings (SSSR count). The van der Waals surface area contributed by atoms with Crippen molar-refractivity contribution in [2.75, 3.05) is 0 Å². The van der Waals surface area contributed by atoms with Gasteiger partial charge in [0.1, 0.15) is 5.82 Å². The molecule has 1 unspecified atom stereocenters. The van der Waals surface area contributed by atoms with Crippen LogP contribution in [0, 0.1) is 0 Å². The van der Waals surface area contributed by atoms with E-state index in [0.717, 1.165) is 30.8 Å². The zero-order valence-electron chi connectivity index (χ0n) is 8.36. The maximum atomic E-state index is 11.6. The van der Waals surface area contributed by atoms with Crippen LogP contribution in [0.5, 0.6) is 0 Å². The topological polar surface area (TPSA) is 60.9 Å². The molecule has 1 atom stereocenters. The maximum absolute atomic E-state index is 11.6. The Labute approximate surface area is 82.8 Å². The highest BCUT2D eigenvalue weighted by Gasteiger charge is 2.17. The van der Waals surface area contributed by atoms with Crippen LogP contribution in [-0.2, 0) is 19.4 Å². The molecule has 1 aromatic heterocycles. The number of rotatable bonds is 1. The van der Waals surface area contributed by atoms with Gasteiger partial charge in [-0.05, 0) is 12.8 Å². The second-order valence-corrected chi connectivity index (χ2v) is 3.76. The zero-order chi connectivity index (χ0) is 10.1. The van der Waals surface area contributed by atoms with Crippen LogP contribution in [0.1, 0.15) is 24.9 Å². The Hall–Kier alpha value is -1.16. The van der Waals surface area contributed by atoms with E-state index >= 15 is 0 Å². The van der Waals surface area contributed by atoms with Gasteiger partial charge >= 0.3 is 0 Å². The molecule has 0 saturated carbocycles. The van der Waals surface area contributed by atoms with Crippen molar-refractivity contribution >= 4 is 0 Å². The lowest BCUT2D eigenvalue weighted by molar-refractivity contribution is 0.442. The largest absolute Gasteiger partial charge is 0.327 e. The Morgan fingerprint density at radius 2 is 2.50 bits per heavy atom. The molecule has 4 heteroatoms. The predicted octanol–water partition coefficient (Wildman–Crippen LogP) is 0.0792. The summed E-state index contributed by atoms with van der Waals surface area (Å²) in [5.74, 6) is 0.855. The van der Waals surface area contributed by atoms with Crippen LogP contribution in [0.4, 0.5) is 0 Å². The van der Waals surface area contributed by atoms with Crippen molar-refractivity contribution in [3.05, 3.63) is 27.9 Å². The Bertz CT molecular complexity index is 397. The number of hydrogen-bond acceptors (Lipinski definition) is 3. The smallest absolute Gasteiger partial charge is 0.253 e. The fraction of sp³-hybridized carbons (Fsp3) is 0.600. The lowest BCUT2D eigenvalue weighted by Crippen LogP contribution is -2.37. The summed E-state index contributed by atoms with van der Waals surface area (Å²) in [7, 11) is 0. The number of aryl methyl sites for hydroxylation is 1. The fourth-order valence-electron chi connectivity index (χ4n) is 1.81. The minimum atomic E-state index is 0.0683. The van der Waals surface area contributed by atoms with Gasteiger partial charge in [-0.2, -0.15) is 0 Å². The molecule has 0 saturated heterocycles. The molecular formula is C10H15N3O. The molecule has 76 valence electrons. The first-order chi connectivity index (χ1) is 6.70. The lowest BCUT2D eigenvalue weighted by Gasteiger charge is -2.22. The molecule has 0 spiro atoms. The molecule has 0 aromatic carbocycles. The molecule has 2 heterocycles. The molecule has 0 radical (unpaired) electrons. The van der Waals surface area contributed by atoms with E-state index in [1.165, 1.54) is 0 Å². The van der Waals surface area contributed by atoms with E-state index in [0.29, 0.717) is 6.54 Å². The van der Waals surface area contributed by atoms with Gasteiger partial charge < -0.3 is 5.73 Å². The quantitative estimate of drug-likeness (QED) is 0.687. The van der Waals surface area contributed by atoms with E-state index in [9.17, 15) is 4.79 Å². The maximum Gasteiger partial charge on any atom is 0.253 e. The SMILES string of the molecule is CCc1cc(=O)n2c(n1)CC(N)CC2. The highest BCUT2D eigenvalue weighted by atomic mass is 16.1. The fourth-order valence-corrected chi connectivity index (χ4v) is 1.81. The number of aromatic nitrogens is 2. The van der Waals surface area contributed by atoms with Crippen molar-refractivity contribution in [1.29, 1.82) is 0 Å². The zero-order valence-corrected chi connectivity index (χ0v) is 8.36. The molecule has 0 amide bonds. The second-order valence-electron chi connectivity index (χ2n) is 3.76. The molecule has 4 nitrogen and oxygen atoms in total. The van der Waals surface area contributed by atoms with Crippen LogP contribution in [0.15, 0.2) is 10.9 Å². The van der Waals surface area contributed by atoms with Gasteiger partial charge in [-0.15, -0.1) is 0 Å². The molecule has 2 N–H and O–H groups in total. The third kappa shape index (κ3) is 1.57. The van der Waals surface area contributed by atoms with Gasteiger partial charge in [-0.1, -0.05) is 6.92 Å². The van der Waals surface area contributed by atoms with Crippen molar-refractivity contribution in [3.8, 4) is 0 Å². The highest BCUT2D eigenvalue weighted by Crippen LogP contribution is 2.09. The summed E-state index contributed by atoms with van der Waals surface area (Å²) in [6.45, 7) is 2.72. The van der Waals surface area contributed by atoms with E-state index in [4.69, 9.17) is 5.73 Å². The Kier molecular flexibility index (Phi) is 2.37. The molecule has 1 aliphatic heterocycles. The number of hydrogen-bond donors (Lipinski definition) is 1. The number of nitrogens with zero attached hydrogens (tertiary/aromatic N) is 2. The third-order valence-corrected chi connectivity index (χ3v) is 2.67. The summed E-state index contributed by atoms with van der Waals surface area (Å²) in [4.78, 5) is 16.1. The monoisotopic (exact) mass is 193 g/mol. The van der Waals surface area contributed by atoms with Crippen molar-refractivity contribution in [2.24, 2.45) is 5.73 Å². The molecule has 14 heavy (non-hydrogen) atoms. The molecule has 0 bridgehead atoms. The second kappa shape index (κ2) is 3.53. The van der Waals surface area contributed by atoms with Gasteiger partial charge in [-0.25, -0.2) is 4.98 Å². The average Bonchev–Trinajstić information content (AvgIpc) is 2.16. The Balaban J connectivity index is 2.49. The van der Waals surface area contributed by atoms with Crippen LogP contribution < -0.4 is 11.3 Å². The molecule has 1 aliphatic rings. The Morgan fingerprint density at radius 1 is 1.71 bits per heavy atom. The van der Waals surface area contributed by atoms with Crippen LogP contribution in [-0.4, -0.2) is 15.6 Å². The number of fused-ring (bicyclic) bond motifs is 1. The molecular weight excluding hydrogens is 178 g/mol. The minimum Gasteiger partial charge on any atom is -0.327 e. The van der Waals surface area contributed by atoms with Gasteiger partial charge in [0.05, 0.1) is 0 Å². The van der Waals surface area contributed by atoms with Crippen molar-refractivity contribution < 1.29 is 0 Å². The van der Waals surface area contributed by atoms with Gasteiger partial charge in [0, 0.05) is 30.8 Å². The molecule has 0 fully saturated rings. The van der Waals surface area contributed by atoms with E-state index in [1.54, 1.807) is 10.6 Å². The van der Waals surface area contributed by atoms with E-state index in [1.807, 2.05) is 6.92 Å². The summed E-state index contributed by atoms with van der Waals surface area (Å²) < 4.78 is 1.74. The van der Waals surface area contributed by atoms with E-state index in [-0.39, 0.29) is 11.6 Å². The summed E-state index contributed by atoms with van der Waals surface area (Å²) in [5.41, 5.74) is 6.77. The van der Waals surface area contributed by atoms with Gasteiger partial charge in [0.15, 0.2) is 0 Å². The average molecular weight is 193 g/mol. The standard InChI is InChI=1S/C10H15N3O/c1-2-8-6-10(14)13-4-3-7(11)5-9(13)12-8/h6-7H,2-5,11H2,1H3. The number of nitrogens with two attached hydrogens (primary N) is 1. The summed E-state index contributed by atoms with van der Waals surface area (Å²) in [6.07, 6.45) is 2.40. The Morgan fingerprint density at radius 3 is 3.21 bits per heavy atom. The van der Waals surface area contributed by atoms with E-state index < -0.39 is 0 Å². The lowest BCUT2D eigenvalue weighted by atomic mass is 10.1. The third-order valence-electron chi connectivity index (χ3n) is 2.67. The van der Waals surface area contributed by atoms with Crippen LogP contribution in [0.2, 0.25) is 0 Å². The minimum absolute atomic E-state index is 0.0683. The summed E-state index contributed by atoms with van der Waals surface area (Å²) in [6, 6.07) is 1.79. The van der Waals surface area contributed by atoms with Gasteiger partial charge in [0.2, 0.25) is 0 Å².